The van der Waals surface area contributed by atoms with E-state index in [1.54, 1.807) is 30.2 Å². The third-order valence-corrected chi connectivity index (χ3v) is 6.37. The fourth-order valence-corrected chi connectivity index (χ4v) is 4.47. The topological polar surface area (TPSA) is 97.0 Å². The molecule has 1 aliphatic heterocycles. The summed E-state index contributed by atoms with van der Waals surface area (Å²) in [4.78, 5) is 40.2. The third-order valence-electron chi connectivity index (χ3n) is 6.37. The molecular formula is C24H35N3O5. The molecule has 1 saturated carbocycles. The lowest BCUT2D eigenvalue weighted by molar-refractivity contribution is -0.132. The highest BCUT2D eigenvalue weighted by Crippen LogP contribution is 2.35. The van der Waals surface area contributed by atoms with Gasteiger partial charge in [0.15, 0.2) is 0 Å². The second kappa shape index (κ2) is 10.7. The van der Waals surface area contributed by atoms with Crippen molar-refractivity contribution < 1.29 is 23.9 Å². The molecule has 1 aromatic rings. The van der Waals surface area contributed by atoms with E-state index >= 15 is 0 Å². The summed E-state index contributed by atoms with van der Waals surface area (Å²) < 4.78 is 10.6. The Hall–Kier alpha value is -2.77. The molecule has 2 atom stereocenters. The standard InChI is InChI=1S/C24H35N3O5/c1-15(2)22(24(30)25-17-8-6-5-7-9-17)26-23(29)16-12-21(28)27(14-16)19-11-10-18(31-3)13-20(19)32-4/h10-11,13,15-17,22H,5-9,12,14H2,1-4H3,(H,25,30)(H,26,29). The van der Waals surface area contributed by atoms with Crippen LogP contribution in [0.4, 0.5) is 5.69 Å². The minimum atomic E-state index is -0.621. The van der Waals surface area contributed by atoms with Crippen molar-refractivity contribution in [2.24, 2.45) is 11.8 Å². The number of hydrogen-bond donors (Lipinski definition) is 2. The summed E-state index contributed by atoms with van der Waals surface area (Å²) >= 11 is 0. The Bertz CT molecular complexity index is 835. The number of anilines is 1. The maximum atomic E-state index is 13.0. The van der Waals surface area contributed by atoms with E-state index in [0.717, 1.165) is 25.7 Å². The lowest BCUT2D eigenvalue weighted by Gasteiger charge is -2.28. The molecule has 3 amide bonds. The number of ether oxygens (including phenoxy) is 2. The second-order valence-corrected chi connectivity index (χ2v) is 9.02. The first-order chi connectivity index (χ1) is 15.3. The predicted octanol–water partition coefficient (Wildman–Crippen LogP) is 2.65. The van der Waals surface area contributed by atoms with Gasteiger partial charge in [0.25, 0.3) is 0 Å². The van der Waals surface area contributed by atoms with Crippen LogP contribution in [0.5, 0.6) is 11.5 Å². The van der Waals surface area contributed by atoms with Crippen LogP contribution < -0.4 is 25.0 Å². The average Bonchev–Trinajstić information content (AvgIpc) is 3.18. The fraction of sp³-hybridized carbons (Fsp3) is 0.625. The van der Waals surface area contributed by atoms with E-state index in [0.29, 0.717) is 17.2 Å². The molecule has 8 heteroatoms. The average molecular weight is 446 g/mol. The second-order valence-electron chi connectivity index (χ2n) is 9.02. The lowest BCUT2D eigenvalue weighted by Crippen LogP contribution is -2.53. The molecule has 2 N–H and O–H groups in total. The molecule has 0 radical (unpaired) electrons. The van der Waals surface area contributed by atoms with Gasteiger partial charge in [0.1, 0.15) is 17.5 Å². The molecule has 0 aromatic heterocycles. The van der Waals surface area contributed by atoms with Crippen molar-refractivity contribution in [1.82, 2.24) is 10.6 Å². The smallest absolute Gasteiger partial charge is 0.243 e. The Morgan fingerprint density at radius 2 is 1.81 bits per heavy atom. The first-order valence-electron chi connectivity index (χ1n) is 11.5. The van der Waals surface area contributed by atoms with Gasteiger partial charge in [0.05, 0.1) is 25.8 Å². The molecule has 3 rings (SSSR count). The molecule has 1 saturated heterocycles. The summed E-state index contributed by atoms with van der Waals surface area (Å²) in [5.74, 6) is -0.0260. The Labute approximate surface area is 190 Å². The van der Waals surface area contributed by atoms with Crippen LogP contribution >= 0.6 is 0 Å². The van der Waals surface area contributed by atoms with Crippen LogP contribution in [0.3, 0.4) is 0 Å². The molecule has 32 heavy (non-hydrogen) atoms. The Kier molecular flexibility index (Phi) is 7.99. The SMILES string of the molecule is COc1ccc(N2CC(C(=O)NC(C(=O)NC3CCCCC3)C(C)C)CC2=O)c(OC)c1. The van der Waals surface area contributed by atoms with Gasteiger partial charge in [-0.2, -0.15) is 0 Å². The largest absolute Gasteiger partial charge is 0.497 e. The van der Waals surface area contributed by atoms with Gasteiger partial charge in [-0.15, -0.1) is 0 Å². The van der Waals surface area contributed by atoms with Gasteiger partial charge in [0, 0.05) is 25.1 Å². The third kappa shape index (κ3) is 5.53. The van der Waals surface area contributed by atoms with Gasteiger partial charge < -0.3 is 25.0 Å². The van der Waals surface area contributed by atoms with Gasteiger partial charge >= 0.3 is 0 Å². The van der Waals surface area contributed by atoms with Crippen LogP contribution in [0.2, 0.25) is 0 Å². The van der Waals surface area contributed by atoms with Crippen LogP contribution in [-0.4, -0.2) is 50.6 Å². The molecular weight excluding hydrogens is 410 g/mol. The zero-order chi connectivity index (χ0) is 23.3. The lowest BCUT2D eigenvalue weighted by atomic mass is 9.94. The van der Waals surface area contributed by atoms with Gasteiger partial charge in [-0.05, 0) is 30.9 Å². The van der Waals surface area contributed by atoms with Crippen LogP contribution in [0.15, 0.2) is 18.2 Å². The Morgan fingerprint density at radius 3 is 2.44 bits per heavy atom. The van der Waals surface area contributed by atoms with Crippen molar-refractivity contribution >= 4 is 23.4 Å². The van der Waals surface area contributed by atoms with Gasteiger partial charge in [0.2, 0.25) is 17.7 Å². The number of rotatable bonds is 8. The highest BCUT2D eigenvalue weighted by molar-refractivity contribution is 6.02. The van der Waals surface area contributed by atoms with E-state index in [9.17, 15) is 14.4 Å². The number of benzene rings is 1. The number of nitrogens with one attached hydrogen (secondary N) is 2. The number of hydrogen-bond acceptors (Lipinski definition) is 5. The molecule has 0 bridgehead atoms. The molecule has 1 heterocycles. The molecule has 2 unspecified atom stereocenters. The quantitative estimate of drug-likeness (QED) is 0.641. The van der Waals surface area contributed by atoms with Crippen LogP contribution in [0.25, 0.3) is 0 Å². The monoisotopic (exact) mass is 445 g/mol. The Balaban J connectivity index is 1.65. The summed E-state index contributed by atoms with van der Waals surface area (Å²) in [6.45, 7) is 4.07. The van der Waals surface area contributed by atoms with Crippen LogP contribution in [-0.2, 0) is 14.4 Å². The summed E-state index contributed by atoms with van der Waals surface area (Å²) in [6, 6.07) is 4.78. The van der Waals surface area contributed by atoms with E-state index in [-0.39, 0.29) is 42.6 Å². The Morgan fingerprint density at radius 1 is 1.09 bits per heavy atom. The van der Waals surface area contributed by atoms with Crippen molar-refractivity contribution in [2.75, 3.05) is 25.7 Å². The first kappa shape index (κ1) is 23.9. The molecule has 8 nitrogen and oxygen atoms in total. The summed E-state index contributed by atoms with van der Waals surface area (Å²) in [5, 5.41) is 6.01. The summed E-state index contributed by atoms with van der Waals surface area (Å²) in [7, 11) is 3.09. The van der Waals surface area contributed by atoms with Gasteiger partial charge in [-0.1, -0.05) is 33.1 Å². The van der Waals surface area contributed by atoms with Crippen LogP contribution in [0.1, 0.15) is 52.4 Å². The van der Waals surface area contributed by atoms with Crippen molar-refractivity contribution in [3.63, 3.8) is 0 Å². The van der Waals surface area contributed by atoms with E-state index in [2.05, 4.69) is 10.6 Å². The highest BCUT2D eigenvalue weighted by Gasteiger charge is 2.38. The summed E-state index contributed by atoms with van der Waals surface area (Å²) in [6.07, 6.45) is 5.52. The highest BCUT2D eigenvalue weighted by atomic mass is 16.5. The molecule has 1 aliphatic carbocycles. The maximum Gasteiger partial charge on any atom is 0.243 e. The van der Waals surface area contributed by atoms with Crippen LogP contribution in [0, 0.1) is 11.8 Å². The minimum absolute atomic E-state index is 0.0579. The van der Waals surface area contributed by atoms with E-state index in [1.165, 1.54) is 13.5 Å². The molecule has 176 valence electrons. The van der Waals surface area contributed by atoms with Crippen molar-refractivity contribution in [3.8, 4) is 11.5 Å². The zero-order valence-electron chi connectivity index (χ0n) is 19.5. The minimum Gasteiger partial charge on any atom is -0.497 e. The maximum absolute atomic E-state index is 13.0. The molecule has 1 aromatic carbocycles. The number of methoxy groups -OCH3 is 2. The van der Waals surface area contributed by atoms with E-state index in [1.807, 2.05) is 13.8 Å². The normalized spacial score (nSPS) is 20.2. The fourth-order valence-electron chi connectivity index (χ4n) is 4.47. The number of carbonyl (C=O) groups excluding carboxylic acids is 3. The number of nitrogens with zero attached hydrogens (tertiary/aromatic N) is 1. The van der Waals surface area contributed by atoms with Crippen molar-refractivity contribution in [1.29, 1.82) is 0 Å². The van der Waals surface area contributed by atoms with Crippen molar-refractivity contribution in [3.05, 3.63) is 18.2 Å². The summed E-state index contributed by atoms with van der Waals surface area (Å²) in [5.41, 5.74) is 0.601. The van der Waals surface area contributed by atoms with E-state index < -0.39 is 12.0 Å². The van der Waals surface area contributed by atoms with E-state index in [4.69, 9.17) is 9.47 Å². The molecule has 2 fully saturated rings. The number of amides is 3. The molecule has 0 spiro atoms. The predicted molar refractivity (Wildman–Crippen MR) is 122 cm³/mol. The number of carbonyl (C=O) groups is 3. The molecule has 2 aliphatic rings. The van der Waals surface area contributed by atoms with Gasteiger partial charge in [-0.3, -0.25) is 14.4 Å². The zero-order valence-corrected chi connectivity index (χ0v) is 19.5. The van der Waals surface area contributed by atoms with Crippen molar-refractivity contribution in [2.45, 2.75) is 64.5 Å². The first-order valence-corrected chi connectivity index (χ1v) is 11.5. The van der Waals surface area contributed by atoms with Gasteiger partial charge in [-0.25, -0.2) is 0 Å².